The normalized spacial score (nSPS) is 22.4. The molecule has 58 valence electrons. The number of para-hydroxylation sites is 1. The van der Waals surface area contributed by atoms with Crippen LogP contribution in [0.1, 0.15) is 0 Å². The van der Waals surface area contributed by atoms with E-state index in [1.54, 1.807) is 0 Å². The van der Waals surface area contributed by atoms with Gasteiger partial charge in [-0.3, -0.25) is 0 Å². The zero-order chi connectivity index (χ0) is 7.52. The lowest BCUT2D eigenvalue weighted by Crippen LogP contribution is -2.37. The van der Waals surface area contributed by atoms with Gasteiger partial charge >= 0.3 is 0 Å². The van der Waals surface area contributed by atoms with Gasteiger partial charge < -0.3 is 5.32 Å². The number of nitrogens with one attached hydrogen (secondary N) is 1. The minimum absolute atomic E-state index is 0.0254. The van der Waals surface area contributed by atoms with E-state index in [0.717, 1.165) is 5.69 Å². The molecular formula is C8H9NO2. The summed E-state index contributed by atoms with van der Waals surface area (Å²) in [5.41, 5.74) is 1.06. The van der Waals surface area contributed by atoms with Gasteiger partial charge in [0.2, 0.25) is 0 Å². The van der Waals surface area contributed by atoms with Crippen molar-refractivity contribution in [3.8, 4) is 0 Å². The molecule has 0 amide bonds. The largest absolute Gasteiger partial charge is 0.356 e. The zero-order valence-corrected chi connectivity index (χ0v) is 5.99. The van der Waals surface area contributed by atoms with Gasteiger partial charge in [-0.25, -0.2) is 9.78 Å². The lowest BCUT2D eigenvalue weighted by atomic mass is 10.3. The fraction of sp³-hybridized carbons (Fsp3) is 0.250. The van der Waals surface area contributed by atoms with Crippen LogP contribution in [0.15, 0.2) is 30.3 Å². The monoisotopic (exact) mass is 151 g/mol. The second-order valence-corrected chi connectivity index (χ2v) is 2.38. The smallest absolute Gasteiger partial charge is 0.189 e. The maximum Gasteiger partial charge on any atom is 0.189 e. The number of hydrogen-bond donors (Lipinski definition) is 1. The van der Waals surface area contributed by atoms with E-state index in [0.29, 0.717) is 6.61 Å². The van der Waals surface area contributed by atoms with Gasteiger partial charge in [0.15, 0.2) is 6.23 Å². The van der Waals surface area contributed by atoms with Crippen molar-refractivity contribution in [1.82, 2.24) is 0 Å². The van der Waals surface area contributed by atoms with Crippen molar-refractivity contribution < 1.29 is 9.78 Å². The maximum absolute atomic E-state index is 4.72. The van der Waals surface area contributed by atoms with Gasteiger partial charge in [0.25, 0.3) is 0 Å². The molecule has 1 N–H and O–H groups in total. The summed E-state index contributed by atoms with van der Waals surface area (Å²) in [5, 5.41) is 3.13. The lowest BCUT2D eigenvalue weighted by molar-refractivity contribution is -0.416. The van der Waals surface area contributed by atoms with Crippen LogP contribution in [0, 0.1) is 0 Å². The summed E-state index contributed by atoms with van der Waals surface area (Å²) in [6.07, 6.45) is 0.0254. The van der Waals surface area contributed by atoms with Crippen molar-refractivity contribution in [2.24, 2.45) is 0 Å². The fourth-order valence-electron chi connectivity index (χ4n) is 0.922. The molecule has 1 fully saturated rings. The van der Waals surface area contributed by atoms with Crippen molar-refractivity contribution in [2.45, 2.75) is 6.23 Å². The average molecular weight is 151 g/mol. The van der Waals surface area contributed by atoms with Crippen LogP contribution in [0.5, 0.6) is 0 Å². The topological polar surface area (TPSA) is 30.5 Å². The Kier molecular flexibility index (Phi) is 1.75. The third-order valence-corrected chi connectivity index (χ3v) is 1.51. The lowest BCUT2D eigenvalue weighted by Gasteiger charge is -2.25. The molecule has 0 aliphatic carbocycles. The third kappa shape index (κ3) is 1.50. The first-order valence-electron chi connectivity index (χ1n) is 3.55. The average Bonchev–Trinajstić information content (AvgIpc) is 1.99. The first kappa shape index (κ1) is 6.64. The third-order valence-electron chi connectivity index (χ3n) is 1.51. The van der Waals surface area contributed by atoms with Crippen molar-refractivity contribution >= 4 is 5.69 Å². The summed E-state index contributed by atoms with van der Waals surface area (Å²) in [4.78, 5) is 9.27. The van der Waals surface area contributed by atoms with Crippen molar-refractivity contribution in [1.29, 1.82) is 0 Å². The molecule has 11 heavy (non-hydrogen) atoms. The molecule has 2 rings (SSSR count). The SMILES string of the molecule is c1ccc(NC2COO2)cc1. The maximum atomic E-state index is 4.72. The van der Waals surface area contributed by atoms with E-state index in [2.05, 4.69) is 10.2 Å². The van der Waals surface area contributed by atoms with Gasteiger partial charge in [-0.1, -0.05) is 18.2 Å². The molecule has 0 bridgehead atoms. The first-order valence-corrected chi connectivity index (χ1v) is 3.55. The van der Waals surface area contributed by atoms with Gasteiger partial charge in [-0.05, 0) is 12.1 Å². The predicted octanol–water partition coefficient (Wildman–Crippen LogP) is 1.39. The Balaban J connectivity index is 1.95. The Morgan fingerprint density at radius 2 is 2.00 bits per heavy atom. The van der Waals surface area contributed by atoms with Crippen molar-refractivity contribution in [3.05, 3.63) is 30.3 Å². The molecule has 1 aromatic rings. The summed E-state index contributed by atoms with van der Waals surface area (Å²) >= 11 is 0. The van der Waals surface area contributed by atoms with E-state index in [-0.39, 0.29) is 6.23 Å². The quantitative estimate of drug-likeness (QED) is 0.648. The Bertz CT molecular complexity index is 221. The molecule has 0 spiro atoms. The number of benzene rings is 1. The van der Waals surface area contributed by atoms with Crippen LogP contribution in [0.3, 0.4) is 0 Å². The summed E-state index contributed by atoms with van der Waals surface area (Å²) in [5.74, 6) is 0. The van der Waals surface area contributed by atoms with Crippen LogP contribution >= 0.6 is 0 Å². The highest BCUT2D eigenvalue weighted by Gasteiger charge is 2.19. The van der Waals surface area contributed by atoms with Crippen LogP contribution in [0.25, 0.3) is 0 Å². The molecule has 1 aliphatic heterocycles. The molecule has 1 unspecified atom stereocenters. The molecule has 1 heterocycles. The van der Waals surface area contributed by atoms with E-state index in [4.69, 9.17) is 4.89 Å². The van der Waals surface area contributed by atoms with Gasteiger partial charge in [0.05, 0.1) is 0 Å². The van der Waals surface area contributed by atoms with E-state index in [9.17, 15) is 0 Å². The predicted molar refractivity (Wildman–Crippen MR) is 40.9 cm³/mol. The fourth-order valence-corrected chi connectivity index (χ4v) is 0.922. The summed E-state index contributed by atoms with van der Waals surface area (Å²) in [6.45, 7) is 0.620. The Hall–Kier alpha value is -1.06. The highest BCUT2D eigenvalue weighted by atomic mass is 17.2. The van der Waals surface area contributed by atoms with E-state index in [1.165, 1.54) is 0 Å². The molecule has 0 radical (unpaired) electrons. The first-order chi connectivity index (χ1) is 5.45. The van der Waals surface area contributed by atoms with Crippen LogP contribution in [0.4, 0.5) is 5.69 Å². The highest BCUT2D eigenvalue weighted by Crippen LogP contribution is 2.12. The molecular weight excluding hydrogens is 142 g/mol. The number of anilines is 1. The van der Waals surface area contributed by atoms with Gasteiger partial charge in [0, 0.05) is 5.69 Å². The summed E-state index contributed by atoms with van der Waals surface area (Å²) < 4.78 is 0. The Labute approximate surface area is 64.9 Å². The highest BCUT2D eigenvalue weighted by molar-refractivity contribution is 5.42. The second-order valence-electron chi connectivity index (χ2n) is 2.38. The zero-order valence-electron chi connectivity index (χ0n) is 5.99. The van der Waals surface area contributed by atoms with Crippen LogP contribution in [-0.4, -0.2) is 12.8 Å². The number of rotatable bonds is 2. The number of hydrogen-bond acceptors (Lipinski definition) is 3. The van der Waals surface area contributed by atoms with E-state index in [1.807, 2.05) is 30.3 Å². The molecule has 3 heteroatoms. The minimum Gasteiger partial charge on any atom is -0.356 e. The van der Waals surface area contributed by atoms with Gasteiger partial charge in [0.1, 0.15) is 6.61 Å². The molecule has 3 nitrogen and oxygen atoms in total. The molecule has 1 aliphatic rings. The molecule has 1 aromatic carbocycles. The molecule has 1 atom stereocenters. The van der Waals surface area contributed by atoms with Crippen molar-refractivity contribution in [3.63, 3.8) is 0 Å². The summed E-state index contributed by atoms with van der Waals surface area (Å²) in [6, 6.07) is 9.90. The summed E-state index contributed by atoms with van der Waals surface area (Å²) in [7, 11) is 0. The van der Waals surface area contributed by atoms with Crippen LogP contribution in [-0.2, 0) is 9.78 Å². The van der Waals surface area contributed by atoms with Crippen LogP contribution < -0.4 is 5.32 Å². The van der Waals surface area contributed by atoms with Gasteiger partial charge in [-0.2, -0.15) is 0 Å². The standard InChI is InChI=1S/C8H9NO2/c1-2-4-7(5-3-1)9-8-6-10-11-8/h1-5,8-9H,6H2. The minimum atomic E-state index is 0.0254. The molecule has 1 saturated heterocycles. The Morgan fingerprint density at radius 3 is 2.55 bits per heavy atom. The molecule has 0 saturated carbocycles. The Morgan fingerprint density at radius 1 is 1.27 bits per heavy atom. The second kappa shape index (κ2) is 2.90. The molecule has 0 aromatic heterocycles. The van der Waals surface area contributed by atoms with Crippen molar-refractivity contribution in [2.75, 3.05) is 11.9 Å². The van der Waals surface area contributed by atoms with E-state index >= 15 is 0 Å². The van der Waals surface area contributed by atoms with E-state index < -0.39 is 0 Å². The van der Waals surface area contributed by atoms with Gasteiger partial charge in [-0.15, -0.1) is 0 Å². The van der Waals surface area contributed by atoms with Crippen LogP contribution in [0.2, 0.25) is 0 Å².